The van der Waals surface area contributed by atoms with Crippen molar-refractivity contribution in [3.05, 3.63) is 23.2 Å². The number of fused-ring (bicyclic) bond motifs is 3. The van der Waals surface area contributed by atoms with Crippen molar-refractivity contribution in [3.8, 4) is 0 Å². The molecule has 0 spiro atoms. The van der Waals surface area contributed by atoms with Gasteiger partial charge in [-0.3, -0.25) is 0 Å². The molecule has 0 unspecified atom stereocenters. The fourth-order valence-corrected chi connectivity index (χ4v) is 2.81. The molecule has 3 heterocycles. The minimum absolute atomic E-state index is 0.659. The molecular weight excluding hydrogens is 290 g/mol. The van der Waals surface area contributed by atoms with Crippen LogP contribution in [0.3, 0.4) is 0 Å². The van der Waals surface area contributed by atoms with E-state index < -0.39 is 0 Å². The molecule has 108 valence electrons. The van der Waals surface area contributed by atoms with Crippen molar-refractivity contribution >= 4 is 34.1 Å². The van der Waals surface area contributed by atoms with Crippen LogP contribution in [-0.2, 0) is 0 Å². The maximum absolute atomic E-state index is 6.08. The van der Waals surface area contributed by atoms with Gasteiger partial charge in [-0.15, -0.1) is 5.10 Å². The zero-order valence-electron chi connectivity index (χ0n) is 11.6. The molecule has 7 nitrogen and oxygen atoms in total. The SMILES string of the molecule is CN1CCN(c2nc3cc(Cl)ccc3n3nnnc23)CC1. The average Bonchev–Trinajstić information content (AvgIpc) is 2.96. The van der Waals surface area contributed by atoms with Gasteiger partial charge in [0, 0.05) is 31.2 Å². The molecule has 1 aromatic carbocycles. The fraction of sp³-hybridized carbons (Fsp3) is 0.385. The molecule has 2 aromatic heterocycles. The Morgan fingerprint density at radius 1 is 1.14 bits per heavy atom. The van der Waals surface area contributed by atoms with Gasteiger partial charge in [0.2, 0.25) is 5.65 Å². The summed E-state index contributed by atoms with van der Waals surface area (Å²) >= 11 is 6.08. The molecule has 8 heteroatoms. The fourth-order valence-electron chi connectivity index (χ4n) is 2.65. The van der Waals surface area contributed by atoms with Gasteiger partial charge in [0.15, 0.2) is 5.82 Å². The molecule has 0 N–H and O–H groups in total. The lowest BCUT2D eigenvalue weighted by atomic mass is 10.3. The Hall–Kier alpha value is -1.99. The summed E-state index contributed by atoms with van der Waals surface area (Å²) in [6, 6.07) is 5.56. The topological polar surface area (TPSA) is 62.5 Å². The van der Waals surface area contributed by atoms with Crippen LogP contribution in [0.15, 0.2) is 18.2 Å². The quantitative estimate of drug-likeness (QED) is 0.670. The number of piperazine rings is 1. The summed E-state index contributed by atoms with van der Waals surface area (Å²) in [5.74, 6) is 0.822. The zero-order chi connectivity index (χ0) is 14.4. The van der Waals surface area contributed by atoms with Crippen LogP contribution in [0.4, 0.5) is 5.82 Å². The van der Waals surface area contributed by atoms with Crippen LogP contribution in [0, 0.1) is 0 Å². The van der Waals surface area contributed by atoms with Gasteiger partial charge in [-0.1, -0.05) is 11.6 Å². The Kier molecular flexibility index (Phi) is 2.90. The molecule has 4 rings (SSSR count). The van der Waals surface area contributed by atoms with Crippen molar-refractivity contribution < 1.29 is 0 Å². The lowest BCUT2D eigenvalue weighted by Gasteiger charge is -2.33. The lowest BCUT2D eigenvalue weighted by molar-refractivity contribution is 0.312. The number of rotatable bonds is 1. The molecule has 3 aromatic rings. The number of tetrazole rings is 1. The molecule has 1 fully saturated rings. The predicted octanol–water partition coefficient (Wildman–Crippen LogP) is 1.08. The minimum Gasteiger partial charge on any atom is -0.351 e. The normalized spacial score (nSPS) is 17.0. The number of hydrogen-bond acceptors (Lipinski definition) is 6. The summed E-state index contributed by atoms with van der Waals surface area (Å²) in [5, 5.41) is 12.7. The maximum Gasteiger partial charge on any atom is 0.222 e. The molecular formula is C13H14ClN7. The summed E-state index contributed by atoms with van der Waals surface area (Å²) in [5.41, 5.74) is 2.35. The number of benzene rings is 1. The second-order valence-electron chi connectivity index (χ2n) is 5.27. The predicted molar refractivity (Wildman–Crippen MR) is 80.8 cm³/mol. The molecule has 0 amide bonds. The molecule has 0 aliphatic carbocycles. The first kappa shape index (κ1) is 12.7. The maximum atomic E-state index is 6.08. The number of aromatic nitrogens is 5. The van der Waals surface area contributed by atoms with Gasteiger partial charge in [0.05, 0.1) is 11.0 Å². The highest BCUT2D eigenvalue weighted by Crippen LogP contribution is 2.25. The third kappa shape index (κ3) is 2.09. The summed E-state index contributed by atoms with van der Waals surface area (Å²) in [6.07, 6.45) is 0. The molecule has 0 saturated carbocycles. The van der Waals surface area contributed by atoms with Crippen molar-refractivity contribution in [2.75, 3.05) is 38.1 Å². The van der Waals surface area contributed by atoms with E-state index in [4.69, 9.17) is 16.6 Å². The van der Waals surface area contributed by atoms with Crippen LogP contribution in [0.5, 0.6) is 0 Å². The molecule has 1 saturated heterocycles. The summed E-state index contributed by atoms with van der Waals surface area (Å²) in [6.45, 7) is 3.84. The van der Waals surface area contributed by atoms with Crippen LogP contribution >= 0.6 is 11.6 Å². The van der Waals surface area contributed by atoms with E-state index in [1.54, 1.807) is 4.52 Å². The van der Waals surface area contributed by atoms with E-state index in [-0.39, 0.29) is 0 Å². The first-order valence-electron chi connectivity index (χ1n) is 6.83. The first-order chi connectivity index (χ1) is 10.2. The summed E-state index contributed by atoms with van der Waals surface area (Å²) in [7, 11) is 2.12. The number of likely N-dealkylation sites (N-methyl/N-ethyl adjacent to an activating group) is 1. The number of anilines is 1. The highest BCUT2D eigenvalue weighted by molar-refractivity contribution is 6.31. The molecule has 0 bridgehead atoms. The zero-order valence-corrected chi connectivity index (χ0v) is 12.3. The van der Waals surface area contributed by atoms with Gasteiger partial charge in [0.25, 0.3) is 0 Å². The Bertz CT molecular complexity index is 807. The van der Waals surface area contributed by atoms with E-state index in [2.05, 4.69) is 32.4 Å². The Morgan fingerprint density at radius 2 is 1.95 bits per heavy atom. The van der Waals surface area contributed by atoms with E-state index in [1.807, 2.05) is 18.2 Å². The summed E-state index contributed by atoms with van der Waals surface area (Å²) < 4.78 is 1.73. The van der Waals surface area contributed by atoms with E-state index in [0.717, 1.165) is 43.0 Å². The van der Waals surface area contributed by atoms with Gasteiger partial charge in [0.1, 0.15) is 0 Å². The molecule has 21 heavy (non-hydrogen) atoms. The van der Waals surface area contributed by atoms with Crippen LogP contribution in [0.25, 0.3) is 16.7 Å². The Balaban J connectivity index is 1.92. The van der Waals surface area contributed by atoms with E-state index in [0.29, 0.717) is 10.7 Å². The monoisotopic (exact) mass is 303 g/mol. The standard InChI is InChI=1S/C13H14ClN7/c1-19-4-6-20(7-5-19)12-13-16-17-18-21(13)11-3-2-9(14)8-10(11)15-12/h2-3,8H,4-7H2,1H3. The highest BCUT2D eigenvalue weighted by Gasteiger charge is 2.21. The average molecular weight is 304 g/mol. The van der Waals surface area contributed by atoms with Gasteiger partial charge >= 0.3 is 0 Å². The van der Waals surface area contributed by atoms with E-state index in [1.165, 1.54) is 0 Å². The van der Waals surface area contributed by atoms with E-state index in [9.17, 15) is 0 Å². The first-order valence-corrected chi connectivity index (χ1v) is 7.21. The van der Waals surface area contributed by atoms with Crippen LogP contribution in [0.2, 0.25) is 5.02 Å². The lowest BCUT2D eigenvalue weighted by Crippen LogP contribution is -2.45. The third-order valence-electron chi connectivity index (χ3n) is 3.86. The van der Waals surface area contributed by atoms with E-state index >= 15 is 0 Å². The van der Waals surface area contributed by atoms with Crippen LogP contribution < -0.4 is 4.90 Å². The van der Waals surface area contributed by atoms with Crippen molar-refractivity contribution in [1.29, 1.82) is 0 Å². The smallest absolute Gasteiger partial charge is 0.222 e. The molecule has 0 radical (unpaired) electrons. The molecule has 0 atom stereocenters. The molecule has 1 aliphatic rings. The number of nitrogens with zero attached hydrogens (tertiary/aromatic N) is 7. The third-order valence-corrected chi connectivity index (χ3v) is 4.10. The van der Waals surface area contributed by atoms with Crippen molar-refractivity contribution in [2.24, 2.45) is 0 Å². The molecule has 1 aliphatic heterocycles. The highest BCUT2D eigenvalue weighted by atomic mass is 35.5. The van der Waals surface area contributed by atoms with Crippen molar-refractivity contribution in [1.82, 2.24) is 29.9 Å². The van der Waals surface area contributed by atoms with Crippen LogP contribution in [0.1, 0.15) is 0 Å². The van der Waals surface area contributed by atoms with Crippen molar-refractivity contribution in [3.63, 3.8) is 0 Å². The van der Waals surface area contributed by atoms with Crippen molar-refractivity contribution in [2.45, 2.75) is 0 Å². The minimum atomic E-state index is 0.659. The number of halogens is 1. The van der Waals surface area contributed by atoms with Gasteiger partial charge < -0.3 is 9.80 Å². The van der Waals surface area contributed by atoms with Crippen LogP contribution in [-0.4, -0.2) is 63.2 Å². The summed E-state index contributed by atoms with van der Waals surface area (Å²) in [4.78, 5) is 9.27. The largest absolute Gasteiger partial charge is 0.351 e. The van der Waals surface area contributed by atoms with Gasteiger partial charge in [-0.25, -0.2) is 4.98 Å². The van der Waals surface area contributed by atoms with Gasteiger partial charge in [-0.2, -0.15) is 4.52 Å². The second kappa shape index (κ2) is 4.78. The second-order valence-corrected chi connectivity index (χ2v) is 5.71. The Labute approximate surface area is 126 Å². The number of hydrogen-bond donors (Lipinski definition) is 0. The Morgan fingerprint density at radius 3 is 2.76 bits per heavy atom. The van der Waals surface area contributed by atoms with Gasteiger partial charge in [-0.05, 0) is 35.7 Å².